The molecule has 23 heavy (non-hydrogen) atoms. The predicted molar refractivity (Wildman–Crippen MR) is 79.8 cm³/mol. The van der Waals surface area contributed by atoms with Crippen molar-refractivity contribution in [1.82, 2.24) is 0 Å². The molecule has 1 saturated heterocycles. The maximum absolute atomic E-state index is 10.3. The molecule has 7 heteroatoms. The standard InChI is InChI=1S/C16H22O7/c17-8-2-1-3-10-4-6-11(7-5-10)22-16-15(21)14(20)13(19)12(9-18)23-16/h4-8,12-16,18-21H,1-3,9H2/t12-,13-,14+,15-,16-/m1/s1. The van der Waals surface area contributed by atoms with Gasteiger partial charge in [0.2, 0.25) is 6.29 Å². The molecule has 0 spiro atoms. The Bertz CT molecular complexity index is 488. The van der Waals surface area contributed by atoms with E-state index in [1.807, 2.05) is 12.1 Å². The van der Waals surface area contributed by atoms with Crippen LogP contribution in [0.2, 0.25) is 0 Å². The lowest BCUT2D eigenvalue weighted by Gasteiger charge is -2.39. The summed E-state index contributed by atoms with van der Waals surface area (Å²) in [6.07, 6.45) is -3.54. The molecule has 0 bridgehead atoms. The maximum atomic E-state index is 10.3. The van der Waals surface area contributed by atoms with Crippen LogP contribution in [0, 0.1) is 0 Å². The zero-order chi connectivity index (χ0) is 16.8. The normalized spacial score (nSPS) is 30.9. The Balaban J connectivity index is 1.96. The number of aliphatic hydroxyl groups is 4. The van der Waals surface area contributed by atoms with E-state index in [9.17, 15) is 20.1 Å². The van der Waals surface area contributed by atoms with Crippen LogP contribution in [0.1, 0.15) is 18.4 Å². The third-order valence-corrected chi connectivity index (χ3v) is 3.81. The molecule has 7 nitrogen and oxygen atoms in total. The van der Waals surface area contributed by atoms with Crippen LogP contribution in [0.15, 0.2) is 24.3 Å². The lowest BCUT2D eigenvalue weighted by Crippen LogP contribution is -2.60. The second kappa shape index (κ2) is 8.37. The number of unbranched alkanes of at least 4 members (excludes halogenated alkanes) is 1. The van der Waals surface area contributed by atoms with E-state index in [2.05, 4.69) is 0 Å². The Kier molecular flexibility index (Phi) is 6.49. The van der Waals surface area contributed by atoms with Crippen molar-refractivity contribution in [3.05, 3.63) is 29.8 Å². The topological polar surface area (TPSA) is 116 Å². The summed E-state index contributed by atoms with van der Waals surface area (Å²) in [4.78, 5) is 10.3. The van der Waals surface area contributed by atoms with Crippen molar-refractivity contribution in [3.63, 3.8) is 0 Å². The van der Waals surface area contributed by atoms with Gasteiger partial charge in [0.25, 0.3) is 0 Å². The molecule has 128 valence electrons. The van der Waals surface area contributed by atoms with Gasteiger partial charge >= 0.3 is 0 Å². The number of rotatable bonds is 7. The van der Waals surface area contributed by atoms with Gasteiger partial charge in [-0.15, -0.1) is 0 Å². The fraction of sp³-hybridized carbons (Fsp3) is 0.562. The minimum Gasteiger partial charge on any atom is -0.462 e. The quantitative estimate of drug-likeness (QED) is 0.390. The zero-order valence-corrected chi connectivity index (χ0v) is 12.6. The Morgan fingerprint density at radius 1 is 1.09 bits per heavy atom. The van der Waals surface area contributed by atoms with Gasteiger partial charge in [-0.2, -0.15) is 0 Å². The van der Waals surface area contributed by atoms with Gasteiger partial charge in [0.1, 0.15) is 36.5 Å². The largest absolute Gasteiger partial charge is 0.462 e. The smallest absolute Gasteiger partial charge is 0.229 e. The van der Waals surface area contributed by atoms with Gasteiger partial charge in [0.05, 0.1) is 6.61 Å². The number of carbonyl (C=O) groups is 1. The molecule has 0 amide bonds. The SMILES string of the molecule is O=CCCCc1ccc(O[C@@H]2O[C@H](CO)[C@@H](O)[C@H](O)[C@H]2O)cc1. The van der Waals surface area contributed by atoms with E-state index in [0.29, 0.717) is 12.2 Å². The first-order valence-electron chi connectivity index (χ1n) is 7.56. The molecular formula is C16H22O7. The summed E-state index contributed by atoms with van der Waals surface area (Å²) in [7, 11) is 0. The summed E-state index contributed by atoms with van der Waals surface area (Å²) in [5.41, 5.74) is 1.05. The van der Waals surface area contributed by atoms with Crippen molar-refractivity contribution in [1.29, 1.82) is 0 Å². The second-order valence-corrected chi connectivity index (χ2v) is 5.52. The number of aldehydes is 1. The zero-order valence-electron chi connectivity index (χ0n) is 12.6. The van der Waals surface area contributed by atoms with Crippen molar-refractivity contribution in [2.24, 2.45) is 0 Å². The third kappa shape index (κ3) is 4.49. The van der Waals surface area contributed by atoms with E-state index in [1.165, 1.54) is 0 Å². The van der Waals surface area contributed by atoms with E-state index < -0.39 is 37.3 Å². The number of carbonyl (C=O) groups excluding carboxylic acids is 1. The van der Waals surface area contributed by atoms with Crippen LogP contribution in [-0.2, 0) is 16.0 Å². The van der Waals surface area contributed by atoms with Gasteiger partial charge in [-0.25, -0.2) is 0 Å². The Hall–Kier alpha value is -1.51. The summed E-state index contributed by atoms with van der Waals surface area (Å²) in [6, 6.07) is 7.06. The van der Waals surface area contributed by atoms with Crippen LogP contribution in [0.25, 0.3) is 0 Å². The maximum Gasteiger partial charge on any atom is 0.229 e. The predicted octanol–water partition coefficient (Wildman–Crippen LogP) is -0.613. The van der Waals surface area contributed by atoms with Gasteiger partial charge in [-0.3, -0.25) is 0 Å². The summed E-state index contributed by atoms with van der Waals surface area (Å²) < 4.78 is 10.8. The van der Waals surface area contributed by atoms with Crippen LogP contribution in [-0.4, -0.2) is 64.0 Å². The van der Waals surface area contributed by atoms with E-state index in [1.54, 1.807) is 12.1 Å². The first-order valence-corrected chi connectivity index (χ1v) is 7.56. The van der Waals surface area contributed by atoms with Crippen LogP contribution < -0.4 is 4.74 Å². The van der Waals surface area contributed by atoms with Crippen molar-refractivity contribution < 1.29 is 34.7 Å². The molecule has 0 aliphatic carbocycles. The summed E-state index contributed by atoms with van der Waals surface area (Å²) in [5, 5.41) is 38.5. The number of ether oxygens (including phenoxy) is 2. The molecule has 4 N–H and O–H groups in total. The highest BCUT2D eigenvalue weighted by Gasteiger charge is 2.44. The van der Waals surface area contributed by atoms with Gasteiger partial charge in [-0.1, -0.05) is 12.1 Å². The lowest BCUT2D eigenvalue weighted by atomic mass is 9.99. The van der Waals surface area contributed by atoms with Crippen LogP contribution in [0.5, 0.6) is 5.75 Å². The van der Waals surface area contributed by atoms with Gasteiger partial charge in [0, 0.05) is 6.42 Å². The molecule has 1 aliphatic rings. The molecule has 0 aromatic heterocycles. The van der Waals surface area contributed by atoms with E-state index in [0.717, 1.165) is 24.7 Å². The van der Waals surface area contributed by atoms with Gasteiger partial charge in [0.15, 0.2) is 0 Å². The molecule has 1 aliphatic heterocycles. The van der Waals surface area contributed by atoms with Crippen LogP contribution in [0.4, 0.5) is 0 Å². The van der Waals surface area contributed by atoms with Crippen molar-refractivity contribution in [2.45, 2.75) is 50.0 Å². The molecule has 0 unspecified atom stereocenters. The number of hydrogen-bond donors (Lipinski definition) is 4. The number of benzene rings is 1. The van der Waals surface area contributed by atoms with Crippen LogP contribution >= 0.6 is 0 Å². The van der Waals surface area contributed by atoms with E-state index in [-0.39, 0.29) is 0 Å². The van der Waals surface area contributed by atoms with E-state index >= 15 is 0 Å². The Labute approximate surface area is 134 Å². The fourth-order valence-electron chi connectivity index (χ4n) is 2.42. The highest BCUT2D eigenvalue weighted by molar-refractivity contribution is 5.49. The monoisotopic (exact) mass is 326 g/mol. The molecule has 0 saturated carbocycles. The van der Waals surface area contributed by atoms with Gasteiger partial charge in [-0.05, 0) is 30.5 Å². The second-order valence-electron chi connectivity index (χ2n) is 5.52. The summed E-state index contributed by atoms with van der Waals surface area (Å²) >= 11 is 0. The lowest BCUT2D eigenvalue weighted by molar-refractivity contribution is -0.277. The summed E-state index contributed by atoms with van der Waals surface area (Å²) in [6.45, 7) is -0.500. The highest BCUT2D eigenvalue weighted by Crippen LogP contribution is 2.24. The molecule has 0 radical (unpaired) electrons. The van der Waals surface area contributed by atoms with Crippen molar-refractivity contribution >= 4 is 6.29 Å². The van der Waals surface area contributed by atoms with Crippen LogP contribution in [0.3, 0.4) is 0 Å². The molecule has 1 aromatic carbocycles. The number of aryl methyl sites for hydroxylation is 1. The summed E-state index contributed by atoms with van der Waals surface area (Å²) in [5.74, 6) is 0.425. The number of aliphatic hydroxyl groups excluding tert-OH is 4. The average Bonchev–Trinajstić information content (AvgIpc) is 2.57. The minimum absolute atomic E-state index is 0.425. The van der Waals surface area contributed by atoms with Gasteiger partial charge < -0.3 is 34.7 Å². The minimum atomic E-state index is -1.46. The first-order chi connectivity index (χ1) is 11.1. The molecular weight excluding hydrogens is 304 g/mol. The van der Waals surface area contributed by atoms with E-state index in [4.69, 9.17) is 14.6 Å². The first kappa shape index (κ1) is 17.8. The molecule has 1 heterocycles. The Morgan fingerprint density at radius 2 is 1.78 bits per heavy atom. The highest BCUT2D eigenvalue weighted by atomic mass is 16.7. The van der Waals surface area contributed by atoms with Crippen molar-refractivity contribution in [3.8, 4) is 5.75 Å². The number of hydrogen-bond acceptors (Lipinski definition) is 7. The average molecular weight is 326 g/mol. The Morgan fingerprint density at radius 3 is 2.39 bits per heavy atom. The fourth-order valence-corrected chi connectivity index (χ4v) is 2.42. The van der Waals surface area contributed by atoms with Crippen molar-refractivity contribution in [2.75, 3.05) is 6.61 Å². The third-order valence-electron chi connectivity index (χ3n) is 3.81. The molecule has 5 atom stereocenters. The molecule has 2 rings (SSSR count). The molecule has 1 aromatic rings. The molecule has 1 fully saturated rings.